The molecule has 2 rings (SSSR count). The van der Waals surface area contributed by atoms with Crippen LogP contribution in [0.1, 0.15) is 64.2 Å². The molecule has 7 nitrogen and oxygen atoms in total. The number of rotatable bonds is 7. The second kappa shape index (κ2) is 9.52. The molecule has 25 heavy (non-hydrogen) atoms. The van der Waals surface area contributed by atoms with Crippen molar-refractivity contribution in [1.82, 2.24) is 5.32 Å². The minimum atomic E-state index is -5.11. The van der Waals surface area contributed by atoms with E-state index in [-0.39, 0.29) is 18.4 Å². The van der Waals surface area contributed by atoms with Crippen molar-refractivity contribution < 1.29 is 27.3 Å². The fourth-order valence-electron chi connectivity index (χ4n) is 3.71. The summed E-state index contributed by atoms with van der Waals surface area (Å²) in [5.41, 5.74) is 0. The van der Waals surface area contributed by atoms with E-state index >= 15 is 0 Å². The predicted octanol–water partition coefficient (Wildman–Crippen LogP) is 1.72. The summed E-state index contributed by atoms with van der Waals surface area (Å²) in [5, 5.41) is 0.153. The van der Waals surface area contributed by atoms with Crippen LogP contribution in [0, 0.1) is 11.8 Å². The highest BCUT2D eigenvalue weighted by Gasteiger charge is 2.35. The Labute approximate surface area is 149 Å². The molecule has 0 aromatic heterocycles. The van der Waals surface area contributed by atoms with E-state index in [4.69, 9.17) is 4.74 Å². The second-order valence-electron chi connectivity index (χ2n) is 7.26. The van der Waals surface area contributed by atoms with Gasteiger partial charge in [-0.1, -0.05) is 38.5 Å². The van der Waals surface area contributed by atoms with Crippen LogP contribution in [-0.4, -0.2) is 43.2 Å². The molecule has 2 saturated carbocycles. The van der Waals surface area contributed by atoms with Crippen molar-refractivity contribution in [2.24, 2.45) is 11.8 Å². The molecule has 2 fully saturated rings. The Balaban J connectivity index is 1.87. The number of hydrogen-bond acceptors (Lipinski definition) is 6. The average molecular weight is 374 g/mol. The van der Waals surface area contributed by atoms with Crippen LogP contribution in [0.15, 0.2) is 0 Å². The molecule has 0 heterocycles. The maximum atomic E-state index is 12.1. The predicted molar refractivity (Wildman–Crippen MR) is 90.6 cm³/mol. The van der Waals surface area contributed by atoms with Gasteiger partial charge in [-0.25, -0.2) is 8.42 Å². The largest absolute Gasteiger partial charge is 0.747 e. The fraction of sp³-hybridized carbons (Fsp3) is 0.882. The van der Waals surface area contributed by atoms with E-state index in [1.807, 2.05) is 0 Å². The lowest BCUT2D eigenvalue weighted by molar-refractivity contribution is -0.147. The zero-order valence-corrected chi connectivity index (χ0v) is 15.4. The van der Waals surface area contributed by atoms with Crippen molar-refractivity contribution in [2.45, 2.75) is 69.5 Å². The van der Waals surface area contributed by atoms with E-state index in [1.165, 1.54) is 0 Å². The molecular weight excluding hydrogens is 346 g/mol. The molecule has 1 N–H and O–H groups in total. The SMILES string of the molecule is O=C(NCC1CCCCC1)C(C(=O)OCC1CCCCC1)S(=O)(=O)[O-]. The van der Waals surface area contributed by atoms with E-state index in [0.717, 1.165) is 64.2 Å². The number of hydrogen-bond donors (Lipinski definition) is 1. The zero-order valence-electron chi connectivity index (χ0n) is 14.6. The van der Waals surface area contributed by atoms with E-state index < -0.39 is 27.2 Å². The van der Waals surface area contributed by atoms with Gasteiger partial charge in [-0.2, -0.15) is 0 Å². The molecule has 2 aliphatic rings. The van der Waals surface area contributed by atoms with Crippen molar-refractivity contribution in [3.05, 3.63) is 0 Å². The molecule has 144 valence electrons. The first kappa shape index (κ1) is 20.2. The second-order valence-corrected chi connectivity index (χ2v) is 8.71. The van der Waals surface area contributed by atoms with Crippen LogP contribution >= 0.6 is 0 Å². The van der Waals surface area contributed by atoms with Crippen LogP contribution in [0.5, 0.6) is 0 Å². The van der Waals surface area contributed by atoms with Gasteiger partial charge in [0.05, 0.1) is 6.61 Å². The van der Waals surface area contributed by atoms with Gasteiger partial charge >= 0.3 is 5.97 Å². The van der Waals surface area contributed by atoms with Crippen molar-refractivity contribution in [3.8, 4) is 0 Å². The molecule has 0 spiro atoms. The summed E-state index contributed by atoms with van der Waals surface area (Å²) in [4.78, 5) is 24.2. The Morgan fingerprint density at radius 1 is 0.960 bits per heavy atom. The lowest BCUT2D eigenvalue weighted by Crippen LogP contribution is -2.47. The first-order chi connectivity index (χ1) is 11.9. The highest BCUT2D eigenvalue weighted by atomic mass is 32.2. The Kier molecular flexibility index (Phi) is 7.68. The van der Waals surface area contributed by atoms with Crippen molar-refractivity contribution in [1.29, 1.82) is 0 Å². The number of nitrogens with one attached hydrogen (secondary N) is 1. The number of carbonyl (C=O) groups excluding carboxylic acids is 2. The number of amides is 1. The van der Waals surface area contributed by atoms with Gasteiger partial charge in [0.2, 0.25) is 11.2 Å². The summed E-state index contributed by atoms with van der Waals surface area (Å²) >= 11 is 0. The molecular formula is C17H28NO6S-. The summed E-state index contributed by atoms with van der Waals surface area (Å²) in [6, 6.07) is 0. The van der Waals surface area contributed by atoms with Crippen molar-refractivity contribution in [2.75, 3.05) is 13.2 Å². The molecule has 0 aromatic carbocycles. The van der Waals surface area contributed by atoms with Crippen LogP contribution in [-0.2, 0) is 24.4 Å². The highest BCUT2D eigenvalue weighted by Crippen LogP contribution is 2.24. The third-order valence-electron chi connectivity index (χ3n) is 5.22. The maximum Gasteiger partial charge on any atom is 0.332 e. The third-order valence-corrected chi connectivity index (χ3v) is 6.20. The van der Waals surface area contributed by atoms with Gasteiger partial charge in [-0.3, -0.25) is 9.59 Å². The molecule has 0 aliphatic heterocycles. The van der Waals surface area contributed by atoms with E-state index in [2.05, 4.69) is 5.32 Å². The van der Waals surface area contributed by atoms with Crippen LogP contribution in [0.2, 0.25) is 0 Å². The van der Waals surface area contributed by atoms with E-state index in [9.17, 15) is 22.6 Å². The minimum absolute atomic E-state index is 0.0702. The van der Waals surface area contributed by atoms with Gasteiger partial charge in [-0.05, 0) is 37.5 Å². The van der Waals surface area contributed by atoms with E-state index in [1.54, 1.807) is 0 Å². The smallest absolute Gasteiger partial charge is 0.332 e. The van der Waals surface area contributed by atoms with Crippen LogP contribution in [0.3, 0.4) is 0 Å². The molecule has 0 bridgehead atoms. The monoisotopic (exact) mass is 374 g/mol. The van der Waals surface area contributed by atoms with Gasteiger partial charge in [0, 0.05) is 6.54 Å². The first-order valence-corrected chi connectivity index (χ1v) is 10.7. The normalized spacial score (nSPS) is 21.5. The summed E-state index contributed by atoms with van der Waals surface area (Å²) in [6.07, 6.45) is 10.3. The lowest BCUT2D eigenvalue weighted by Gasteiger charge is -2.25. The van der Waals surface area contributed by atoms with E-state index in [0.29, 0.717) is 6.54 Å². The lowest BCUT2D eigenvalue weighted by atomic mass is 9.89. The Morgan fingerprint density at radius 3 is 2.00 bits per heavy atom. The first-order valence-electron chi connectivity index (χ1n) is 9.27. The molecule has 1 amide bonds. The molecule has 8 heteroatoms. The van der Waals surface area contributed by atoms with Crippen molar-refractivity contribution in [3.63, 3.8) is 0 Å². The topological polar surface area (TPSA) is 113 Å². The Hall–Kier alpha value is -1.15. The van der Waals surface area contributed by atoms with Crippen molar-refractivity contribution >= 4 is 22.0 Å². The summed E-state index contributed by atoms with van der Waals surface area (Å²) in [6.45, 7) is 0.363. The average Bonchev–Trinajstić information content (AvgIpc) is 2.59. The number of ether oxygens (including phenoxy) is 1. The summed E-state index contributed by atoms with van der Waals surface area (Å²) in [5.74, 6) is -1.86. The fourth-order valence-corrected chi connectivity index (χ4v) is 4.36. The Morgan fingerprint density at radius 2 is 1.48 bits per heavy atom. The Bertz CT molecular complexity index is 515. The van der Waals surface area contributed by atoms with Gasteiger partial charge in [0.15, 0.2) is 0 Å². The van der Waals surface area contributed by atoms with Crippen LogP contribution < -0.4 is 5.32 Å². The number of carbonyl (C=O) groups is 2. The van der Waals surface area contributed by atoms with Gasteiger partial charge in [0.1, 0.15) is 10.1 Å². The standard InChI is InChI=1S/C17H29NO6S/c19-16(18-11-13-7-3-1-4-8-13)15(25(21,22)23)17(20)24-12-14-9-5-2-6-10-14/h13-15H,1-12H2,(H,18,19)(H,21,22,23)/p-1. The van der Waals surface area contributed by atoms with Crippen LogP contribution in [0.4, 0.5) is 0 Å². The quantitative estimate of drug-likeness (QED) is 0.412. The molecule has 0 radical (unpaired) electrons. The molecule has 2 aliphatic carbocycles. The van der Waals surface area contributed by atoms with Gasteiger partial charge in [0.25, 0.3) is 0 Å². The van der Waals surface area contributed by atoms with Gasteiger partial charge < -0.3 is 14.6 Å². The summed E-state index contributed by atoms with van der Waals surface area (Å²) in [7, 11) is -5.11. The maximum absolute atomic E-state index is 12.1. The summed E-state index contributed by atoms with van der Waals surface area (Å²) < 4.78 is 39.2. The molecule has 1 unspecified atom stereocenters. The third kappa shape index (κ3) is 6.58. The zero-order chi connectivity index (χ0) is 18.3. The number of esters is 1. The van der Waals surface area contributed by atoms with Crippen LogP contribution in [0.25, 0.3) is 0 Å². The molecule has 0 aromatic rings. The molecule has 1 atom stereocenters. The van der Waals surface area contributed by atoms with Gasteiger partial charge in [-0.15, -0.1) is 0 Å². The molecule has 0 saturated heterocycles. The minimum Gasteiger partial charge on any atom is -0.747 e. The highest BCUT2D eigenvalue weighted by molar-refractivity contribution is 7.88.